The van der Waals surface area contributed by atoms with Crippen LogP contribution in [0.1, 0.15) is 12.5 Å². The Bertz CT molecular complexity index is 482. The average molecular weight is 264 g/mol. The van der Waals surface area contributed by atoms with Crippen LogP contribution in [-0.4, -0.2) is 42.5 Å². The molecule has 104 valence electrons. The molecule has 1 fully saturated rings. The van der Waals surface area contributed by atoms with Gasteiger partial charge in [-0.2, -0.15) is 0 Å². The van der Waals surface area contributed by atoms with Crippen molar-refractivity contribution in [3.05, 3.63) is 27.8 Å². The summed E-state index contributed by atoms with van der Waals surface area (Å²) in [5.41, 5.74) is 7.93. The van der Waals surface area contributed by atoms with Crippen LogP contribution in [0.15, 0.2) is 12.1 Å². The van der Waals surface area contributed by atoms with E-state index in [1.807, 2.05) is 6.92 Å². The van der Waals surface area contributed by atoms with Crippen LogP contribution in [0.3, 0.4) is 0 Å². The van der Waals surface area contributed by atoms with Crippen molar-refractivity contribution in [2.75, 3.05) is 43.4 Å². The van der Waals surface area contributed by atoms with Crippen molar-refractivity contribution in [2.24, 2.45) is 0 Å². The number of nitrogens with zero attached hydrogens (tertiary/aromatic N) is 3. The number of nitrogens with two attached hydrogens (primary N) is 1. The lowest BCUT2D eigenvalue weighted by molar-refractivity contribution is -0.383. The van der Waals surface area contributed by atoms with Crippen molar-refractivity contribution < 1.29 is 4.92 Å². The van der Waals surface area contributed by atoms with Crippen molar-refractivity contribution in [3.63, 3.8) is 0 Å². The van der Waals surface area contributed by atoms with E-state index in [0.29, 0.717) is 0 Å². The highest BCUT2D eigenvalue weighted by atomic mass is 16.6. The van der Waals surface area contributed by atoms with Crippen LogP contribution in [0.5, 0.6) is 0 Å². The van der Waals surface area contributed by atoms with Crippen molar-refractivity contribution in [1.29, 1.82) is 0 Å². The summed E-state index contributed by atoms with van der Waals surface area (Å²) < 4.78 is 0. The summed E-state index contributed by atoms with van der Waals surface area (Å²) >= 11 is 0. The molecule has 0 spiro atoms. The quantitative estimate of drug-likeness (QED) is 0.510. The zero-order valence-electron chi connectivity index (χ0n) is 11.4. The maximum Gasteiger partial charge on any atom is 0.292 e. The summed E-state index contributed by atoms with van der Waals surface area (Å²) in [7, 11) is 0. The molecule has 0 bridgehead atoms. The fourth-order valence-corrected chi connectivity index (χ4v) is 2.50. The Balaban J connectivity index is 2.22. The number of piperazine rings is 1. The second kappa shape index (κ2) is 5.44. The maximum atomic E-state index is 10.8. The van der Waals surface area contributed by atoms with Crippen LogP contribution < -0.4 is 10.6 Å². The first-order valence-corrected chi connectivity index (χ1v) is 6.54. The molecule has 1 aliphatic rings. The van der Waals surface area contributed by atoms with E-state index in [9.17, 15) is 10.1 Å². The average Bonchev–Trinajstić information content (AvgIpc) is 2.41. The molecule has 2 N–H and O–H groups in total. The number of likely N-dealkylation sites (N-methyl/N-ethyl adjacent to an activating group) is 1. The first-order valence-electron chi connectivity index (χ1n) is 6.54. The Morgan fingerprint density at radius 1 is 1.32 bits per heavy atom. The molecule has 19 heavy (non-hydrogen) atoms. The minimum absolute atomic E-state index is 0.00607. The maximum absolute atomic E-state index is 10.8. The Morgan fingerprint density at radius 3 is 2.47 bits per heavy atom. The van der Waals surface area contributed by atoms with E-state index in [-0.39, 0.29) is 11.4 Å². The van der Waals surface area contributed by atoms with E-state index in [1.165, 1.54) is 0 Å². The first kappa shape index (κ1) is 13.6. The topological polar surface area (TPSA) is 75.6 Å². The van der Waals surface area contributed by atoms with Crippen LogP contribution in [0.25, 0.3) is 0 Å². The lowest BCUT2D eigenvalue weighted by atomic mass is 10.1. The number of hydrogen-bond donors (Lipinski definition) is 1. The lowest BCUT2D eigenvalue weighted by Gasteiger charge is -2.36. The Morgan fingerprint density at radius 2 is 1.95 bits per heavy atom. The minimum atomic E-state index is -0.429. The molecule has 0 atom stereocenters. The van der Waals surface area contributed by atoms with E-state index >= 15 is 0 Å². The van der Waals surface area contributed by atoms with Gasteiger partial charge in [-0.3, -0.25) is 10.1 Å². The standard InChI is InChI=1S/C13H20N4O2/c1-3-15-4-6-16(7-5-15)12-9-11(14)13(17(18)19)8-10(12)2/h8-9H,3-7,14H2,1-2H3. The summed E-state index contributed by atoms with van der Waals surface area (Å²) in [5.74, 6) is 0. The smallest absolute Gasteiger partial charge is 0.292 e. The van der Waals surface area contributed by atoms with E-state index < -0.39 is 4.92 Å². The molecule has 1 aromatic carbocycles. The van der Waals surface area contributed by atoms with Crippen LogP contribution in [0, 0.1) is 17.0 Å². The zero-order valence-corrected chi connectivity index (χ0v) is 11.4. The number of nitrogen functional groups attached to an aromatic ring is 1. The first-order chi connectivity index (χ1) is 9.02. The SMILES string of the molecule is CCN1CCN(c2cc(N)c([N+](=O)[O-])cc2C)CC1. The highest BCUT2D eigenvalue weighted by Gasteiger charge is 2.20. The summed E-state index contributed by atoms with van der Waals surface area (Å²) in [6.07, 6.45) is 0. The predicted octanol–water partition coefficient (Wildman–Crippen LogP) is 1.63. The van der Waals surface area contributed by atoms with Crippen LogP contribution in [0.2, 0.25) is 0 Å². The van der Waals surface area contributed by atoms with Gasteiger partial charge in [0.05, 0.1) is 4.92 Å². The minimum Gasteiger partial charge on any atom is -0.393 e. The van der Waals surface area contributed by atoms with Gasteiger partial charge in [-0.25, -0.2) is 0 Å². The van der Waals surface area contributed by atoms with Gasteiger partial charge in [-0.1, -0.05) is 6.92 Å². The van der Waals surface area contributed by atoms with Crippen LogP contribution >= 0.6 is 0 Å². The molecule has 0 aromatic heterocycles. The van der Waals surface area contributed by atoms with Crippen molar-refractivity contribution in [1.82, 2.24) is 4.90 Å². The molecule has 1 aromatic rings. The fourth-order valence-electron chi connectivity index (χ4n) is 2.50. The predicted molar refractivity (Wildman–Crippen MR) is 76.6 cm³/mol. The molecule has 1 aliphatic heterocycles. The van der Waals surface area contributed by atoms with Gasteiger partial charge in [-0.05, 0) is 25.1 Å². The van der Waals surface area contributed by atoms with Crippen molar-refractivity contribution in [3.8, 4) is 0 Å². The van der Waals surface area contributed by atoms with E-state index in [0.717, 1.165) is 44.0 Å². The van der Waals surface area contributed by atoms with Gasteiger partial charge in [0.15, 0.2) is 0 Å². The molecular weight excluding hydrogens is 244 g/mol. The number of rotatable bonds is 3. The zero-order chi connectivity index (χ0) is 14.0. The largest absolute Gasteiger partial charge is 0.393 e. The van der Waals surface area contributed by atoms with E-state index in [2.05, 4.69) is 16.7 Å². The van der Waals surface area contributed by atoms with Crippen LogP contribution in [0.4, 0.5) is 17.1 Å². The number of hydrogen-bond acceptors (Lipinski definition) is 5. The molecule has 0 amide bonds. The Hall–Kier alpha value is -1.82. The monoisotopic (exact) mass is 264 g/mol. The Labute approximate surface area is 112 Å². The van der Waals surface area contributed by atoms with Gasteiger partial charge < -0.3 is 15.5 Å². The van der Waals surface area contributed by atoms with Gasteiger partial charge in [0, 0.05) is 37.9 Å². The van der Waals surface area contributed by atoms with Crippen molar-refractivity contribution >= 4 is 17.1 Å². The molecule has 6 nitrogen and oxygen atoms in total. The van der Waals surface area contributed by atoms with E-state index in [4.69, 9.17) is 5.73 Å². The van der Waals surface area contributed by atoms with Crippen molar-refractivity contribution in [2.45, 2.75) is 13.8 Å². The fraction of sp³-hybridized carbons (Fsp3) is 0.538. The van der Waals surface area contributed by atoms with Gasteiger partial charge in [0.2, 0.25) is 0 Å². The number of nitro benzene ring substituents is 1. The van der Waals surface area contributed by atoms with Gasteiger partial charge in [0.25, 0.3) is 5.69 Å². The number of benzene rings is 1. The molecule has 6 heteroatoms. The normalized spacial score (nSPS) is 16.6. The third-order valence-corrected chi connectivity index (χ3v) is 3.70. The Kier molecular flexibility index (Phi) is 3.90. The van der Waals surface area contributed by atoms with Crippen LogP contribution in [-0.2, 0) is 0 Å². The molecule has 0 saturated carbocycles. The molecule has 0 unspecified atom stereocenters. The molecule has 1 saturated heterocycles. The lowest BCUT2D eigenvalue weighted by Crippen LogP contribution is -2.46. The molecular formula is C13H20N4O2. The second-order valence-electron chi connectivity index (χ2n) is 4.88. The summed E-state index contributed by atoms with van der Waals surface area (Å²) in [5, 5.41) is 10.8. The second-order valence-corrected chi connectivity index (χ2v) is 4.88. The van der Waals surface area contributed by atoms with Gasteiger partial charge in [0.1, 0.15) is 5.69 Å². The summed E-state index contributed by atoms with van der Waals surface area (Å²) in [6, 6.07) is 3.30. The summed E-state index contributed by atoms with van der Waals surface area (Å²) in [4.78, 5) is 15.1. The van der Waals surface area contributed by atoms with Gasteiger partial charge in [-0.15, -0.1) is 0 Å². The number of anilines is 2. The molecule has 0 aliphatic carbocycles. The molecule has 1 heterocycles. The highest BCUT2D eigenvalue weighted by Crippen LogP contribution is 2.31. The van der Waals surface area contributed by atoms with Gasteiger partial charge >= 0.3 is 0 Å². The van der Waals surface area contributed by atoms with E-state index in [1.54, 1.807) is 12.1 Å². The molecule has 0 radical (unpaired) electrons. The third-order valence-electron chi connectivity index (χ3n) is 3.70. The molecule has 2 rings (SSSR count). The highest BCUT2D eigenvalue weighted by molar-refractivity contribution is 5.70. The number of nitro groups is 1. The number of aryl methyl sites for hydroxylation is 1. The third kappa shape index (κ3) is 2.78. The summed E-state index contributed by atoms with van der Waals surface area (Å²) in [6.45, 7) is 9.03.